The summed E-state index contributed by atoms with van der Waals surface area (Å²) < 4.78 is 7.24. The van der Waals surface area contributed by atoms with Crippen LogP contribution in [0.5, 0.6) is 0 Å². The second-order valence-corrected chi connectivity index (χ2v) is 6.26. The Morgan fingerprint density at radius 1 is 1.28 bits per heavy atom. The van der Waals surface area contributed by atoms with E-state index in [1.807, 2.05) is 31.2 Å². The predicted molar refractivity (Wildman–Crippen MR) is 98.3 cm³/mol. The number of nitrogens with zero attached hydrogens (tertiary/aromatic N) is 2. The van der Waals surface area contributed by atoms with E-state index in [1.165, 1.54) is 0 Å². The van der Waals surface area contributed by atoms with Gasteiger partial charge in [0.05, 0.1) is 5.69 Å². The first-order valence-corrected chi connectivity index (χ1v) is 8.67. The molecule has 2 heterocycles. The van der Waals surface area contributed by atoms with Crippen LogP contribution in [0.2, 0.25) is 5.02 Å². The fraction of sp³-hybridized carbons (Fsp3) is 0.263. The largest absolute Gasteiger partial charge is 0.460 e. The van der Waals surface area contributed by atoms with E-state index in [1.54, 1.807) is 22.9 Å². The summed E-state index contributed by atoms with van der Waals surface area (Å²) in [6.07, 6.45) is 1.95. The molecule has 1 aromatic carbocycles. The number of carbonyl (C=O) groups excluding carboxylic acids is 1. The van der Waals surface area contributed by atoms with Crippen LogP contribution in [0.15, 0.2) is 46.9 Å². The SMILES string of the molecule is CCCCNC(=O)c1cc(-c2ccc(C)o2)nn1-c1cccc(Cl)c1. The number of carbonyl (C=O) groups is 1. The first kappa shape index (κ1) is 17.3. The van der Waals surface area contributed by atoms with E-state index in [9.17, 15) is 4.79 Å². The lowest BCUT2D eigenvalue weighted by Gasteiger charge is -2.08. The molecule has 0 spiro atoms. The summed E-state index contributed by atoms with van der Waals surface area (Å²) in [5.41, 5.74) is 1.78. The molecule has 0 aliphatic heterocycles. The van der Waals surface area contributed by atoms with E-state index in [2.05, 4.69) is 17.3 Å². The van der Waals surface area contributed by atoms with Crippen LogP contribution in [0.25, 0.3) is 17.1 Å². The molecule has 0 saturated heterocycles. The number of halogens is 1. The number of amides is 1. The molecule has 0 atom stereocenters. The fourth-order valence-corrected chi connectivity index (χ4v) is 2.69. The molecule has 5 nitrogen and oxygen atoms in total. The normalized spacial score (nSPS) is 10.8. The predicted octanol–water partition coefficient (Wildman–Crippen LogP) is 4.62. The van der Waals surface area contributed by atoms with Crippen molar-refractivity contribution in [1.29, 1.82) is 0 Å². The summed E-state index contributed by atoms with van der Waals surface area (Å²) in [7, 11) is 0. The molecule has 0 bridgehead atoms. The Hall–Kier alpha value is -2.53. The van der Waals surface area contributed by atoms with Gasteiger partial charge in [-0.2, -0.15) is 5.10 Å². The zero-order chi connectivity index (χ0) is 17.8. The molecule has 2 aromatic heterocycles. The number of furan rings is 1. The van der Waals surface area contributed by atoms with E-state index in [-0.39, 0.29) is 5.91 Å². The van der Waals surface area contributed by atoms with E-state index in [4.69, 9.17) is 16.0 Å². The number of rotatable bonds is 6. The highest BCUT2D eigenvalue weighted by molar-refractivity contribution is 6.30. The molecule has 6 heteroatoms. The van der Waals surface area contributed by atoms with Gasteiger partial charge in [0.1, 0.15) is 17.1 Å². The lowest BCUT2D eigenvalue weighted by molar-refractivity contribution is 0.0945. The quantitative estimate of drug-likeness (QED) is 0.654. The highest BCUT2D eigenvalue weighted by Crippen LogP contribution is 2.24. The van der Waals surface area contributed by atoms with E-state index < -0.39 is 0 Å². The number of hydrogen-bond donors (Lipinski definition) is 1. The summed E-state index contributed by atoms with van der Waals surface area (Å²) in [5.74, 6) is 1.25. The van der Waals surface area contributed by atoms with Crippen molar-refractivity contribution in [2.24, 2.45) is 0 Å². The van der Waals surface area contributed by atoms with Crippen molar-refractivity contribution in [2.45, 2.75) is 26.7 Å². The topological polar surface area (TPSA) is 60.1 Å². The van der Waals surface area contributed by atoms with Crippen LogP contribution in [0, 0.1) is 6.92 Å². The Morgan fingerprint density at radius 2 is 2.12 bits per heavy atom. The minimum absolute atomic E-state index is 0.171. The van der Waals surface area contributed by atoms with Gasteiger partial charge in [0.2, 0.25) is 0 Å². The van der Waals surface area contributed by atoms with Crippen molar-refractivity contribution < 1.29 is 9.21 Å². The molecule has 1 N–H and O–H groups in total. The van der Waals surface area contributed by atoms with Gasteiger partial charge in [0.15, 0.2) is 5.76 Å². The molecule has 1 amide bonds. The molecule has 25 heavy (non-hydrogen) atoms. The summed E-state index contributed by atoms with van der Waals surface area (Å²) >= 11 is 6.10. The second kappa shape index (κ2) is 7.57. The van der Waals surface area contributed by atoms with Crippen LogP contribution in [-0.4, -0.2) is 22.2 Å². The average Bonchev–Trinajstić information content (AvgIpc) is 3.21. The number of aryl methyl sites for hydroxylation is 1. The smallest absolute Gasteiger partial charge is 0.270 e. The van der Waals surface area contributed by atoms with Gasteiger partial charge in [-0.25, -0.2) is 4.68 Å². The number of hydrogen-bond acceptors (Lipinski definition) is 3. The van der Waals surface area contributed by atoms with Gasteiger partial charge in [-0.1, -0.05) is 31.0 Å². The van der Waals surface area contributed by atoms with Gasteiger partial charge in [-0.15, -0.1) is 0 Å². The van der Waals surface area contributed by atoms with E-state index in [0.717, 1.165) is 24.3 Å². The van der Waals surface area contributed by atoms with Crippen LogP contribution in [0.4, 0.5) is 0 Å². The third kappa shape index (κ3) is 3.94. The van der Waals surface area contributed by atoms with Crippen molar-refractivity contribution in [3.8, 4) is 17.1 Å². The molecule has 3 aromatic rings. The van der Waals surface area contributed by atoms with Crippen LogP contribution in [-0.2, 0) is 0 Å². The number of nitrogens with one attached hydrogen (secondary N) is 1. The van der Waals surface area contributed by atoms with Gasteiger partial charge >= 0.3 is 0 Å². The lowest BCUT2D eigenvalue weighted by Crippen LogP contribution is -2.26. The molecule has 3 rings (SSSR count). The van der Waals surface area contributed by atoms with Gasteiger partial charge in [0, 0.05) is 17.6 Å². The Kier molecular flexibility index (Phi) is 5.24. The third-order valence-corrected chi connectivity index (χ3v) is 4.04. The fourth-order valence-electron chi connectivity index (χ4n) is 2.51. The maximum Gasteiger partial charge on any atom is 0.270 e. The van der Waals surface area contributed by atoms with Crippen molar-refractivity contribution >= 4 is 17.5 Å². The Bertz CT molecular complexity index is 882. The Balaban J connectivity index is 2.01. The first-order valence-electron chi connectivity index (χ1n) is 8.29. The van der Waals surface area contributed by atoms with Crippen molar-refractivity contribution in [1.82, 2.24) is 15.1 Å². The highest BCUT2D eigenvalue weighted by Gasteiger charge is 2.19. The Labute approximate surface area is 151 Å². The van der Waals surface area contributed by atoms with Crippen molar-refractivity contribution in [2.75, 3.05) is 6.54 Å². The standard InChI is InChI=1S/C19H20ClN3O2/c1-3-4-10-21-19(24)17-12-16(18-9-8-13(2)25-18)22-23(17)15-7-5-6-14(20)11-15/h5-9,11-12H,3-4,10H2,1-2H3,(H,21,24). The number of aromatic nitrogens is 2. The van der Waals surface area contributed by atoms with Crippen molar-refractivity contribution in [3.63, 3.8) is 0 Å². The molecule has 0 radical (unpaired) electrons. The molecule has 0 aliphatic carbocycles. The van der Waals surface area contributed by atoms with E-state index >= 15 is 0 Å². The van der Waals surface area contributed by atoms with Crippen LogP contribution in [0.1, 0.15) is 36.0 Å². The molecular formula is C19H20ClN3O2. The minimum atomic E-state index is -0.171. The lowest BCUT2D eigenvalue weighted by atomic mass is 10.2. The van der Waals surface area contributed by atoms with Gasteiger partial charge in [-0.05, 0) is 43.7 Å². The summed E-state index contributed by atoms with van der Waals surface area (Å²) in [4.78, 5) is 12.6. The molecule has 130 valence electrons. The third-order valence-electron chi connectivity index (χ3n) is 3.80. The van der Waals surface area contributed by atoms with Crippen LogP contribution < -0.4 is 5.32 Å². The van der Waals surface area contributed by atoms with E-state index in [0.29, 0.717) is 28.7 Å². The molecule has 0 fully saturated rings. The van der Waals surface area contributed by atoms with Crippen LogP contribution >= 0.6 is 11.6 Å². The minimum Gasteiger partial charge on any atom is -0.460 e. The van der Waals surface area contributed by atoms with Gasteiger partial charge < -0.3 is 9.73 Å². The molecular weight excluding hydrogens is 338 g/mol. The average molecular weight is 358 g/mol. The first-order chi connectivity index (χ1) is 12.1. The zero-order valence-electron chi connectivity index (χ0n) is 14.3. The second-order valence-electron chi connectivity index (χ2n) is 5.83. The number of benzene rings is 1. The molecule has 0 aliphatic rings. The van der Waals surface area contributed by atoms with Gasteiger partial charge in [-0.3, -0.25) is 4.79 Å². The summed E-state index contributed by atoms with van der Waals surface area (Å²) in [5, 5.41) is 8.07. The highest BCUT2D eigenvalue weighted by atomic mass is 35.5. The number of unbranched alkanes of at least 4 members (excludes halogenated alkanes) is 1. The van der Waals surface area contributed by atoms with Crippen LogP contribution in [0.3, 0.4) is 0 Å². The van der Waals surface area contributed by atoms with Crippen molar-refractivity contribution in [3.05, 3.63) is 58.9 Å². The summed E-state index contributed by atoms with van der Waals surface area (Å²) in [6, 6.07) is 12.7. The maximum atomic E-state index is 12.6. The Morgan fingerprint density at radius 3 is 2.80 bits per heavy atom. The van der Waals surface area contributed by atoms with Gasteiger partial charge in [0.25, 0.3) is 5.91 Å². The monoisotopic (exact) mass is 357 g/mol. The zero-order valence-corrected chi connectivity index (χ0v) is 15.0. The molecule has 0 unspecified atom stereocenters. The summed E-state index contributed by atoms with van der Waals surface area (Å²) in [6.45, 7) is 4.58. The molecule has 0 saturated carbocycles. The maximum absolute atomic E-state index is 12.6.